The van der Waals surface area contributed by atoms with Crippen LogP contribution < -0.4 is 10.2 Å². The number of thiophene rings is 1. The van der Waals surface area contributed by atoms with E-state index in [4.69, 9.17) is 0 Å². The van der Waals surface area contributed by atoms with Crippen molar-refractivity contribution in [3.63, 3.8) is 0 Å². The first kappa shape index (κ1) is 11.9. The Morgan fingerprint density at radius 3 is 3.22 bits per heavy atom. The molecule has 0 spiro atoms. The van der Waals surface area contributed by atoms with Gasteiger partial charge in [-0.2, -0.15) is 0 Å². The van der Waals surface area contributed by atoms with E-state index in [9.17, 15) is 0 Å². The second-order valence-electron chi connectivity index (χ2n) is 4.86. The normalized spacial score (nSPS) is 20.2. The Kier molecular flexibility index (Phi) is 3.43. The molecule has 0 aromatic carbocycles. The quantitative estimate of drug-likeness (QED) is 0.921. The van der Waals surface area contributed by atoms with Gasteiger partial charge < -0.3 is 10.2 Å². The fourth-order valence-electron chi connectivity index (χ4n) is 2.58. The maximum atomic E-state index is 4.44. The summed E-state index contributed by atoms with van der Waals surface area (Å²) >= 11 is 1.67. The minimum atomic E-state index is 0.590. The molecule has 1 unspecified atom stereocenters. The van der Waals surface area contributed by atoms with Gasteiger partial charge in [-0.25, -0.2) is 9.97 Å². The molecule has 18 heavy (non-hydrogen) atoms. The van der Waals surface area contributed by atoms with Crippen molar-refractivity contribution < 1.29 is 0 Å². The third kappa shape index (κ3) is 2.33. The van der Waals surface area contributed by atoms with E-state index in [1.807, 2.05) is 0 Å². The van der Waals surface area contributed by atoms with Crippen molar-refractivity contribution in [2.24, 2.45) is 0 Å². The van der Waals surface area contributed by atoms with Crippen LogP contribution in [0.4, 0.5) is 5.82 Å². The van der Waals surface area contributed by atoms with Crippen molar-refractivity contribution in [2.45, 2.75) is 25.3 Å². The number of aromatic nitrogens is 2. The van der Waals surface area contributed by atoms with Crippen LogP contribution in [0.25, 0.3) is 10.2 Å². The summed E-state index contributed by atoms with van der Waals surface area (Å²) < 4.78 is 0. The summed E-state index contributed by atoms with van der Waals surface area (Å²) in [5.41, 5.74) is 0. The minimum Gasteiger partial charge on any atom is -0.357 e. The molecule has 1 atom stereocenters. The molecule has 1 aliphatic rings. The predicted octanol–water partition coefficient (Wildman–Crippen LogP) is 2.27. The molecule has 0 aliphatic carbocycles. The molecule has 4 nitrogen and oxygen atoms in total. The van der Waals surface area contributed by atoms with Gasteiger partial charge in [0.25, 0.3) is 0 Å². The molecule has 2 aromatic rings. The van der Waals surface area contributed by atoms with Crippen LogP contribution >= 0.6 is 11.3 Å². The molecule has 3 heterocycles. The topological polar surface area (TPSA) is 41.0 Å². The Bertz CT molecular complexity index is 518. The molecule has 2 aromatic heterocycles. The Balaban J connectivity index is 1.78. The smallest absolute Gasteiger partial charge is 0.140 e. The Morgan fingerprint density at radius 1 is 1.44 bits per heavy atom. The zero-order chi connectivity index (χ0) is 12.4. The van der Waals surface area contributed by atoms with Crippen LogP contribution in [0.5, 0.6) is 0 Å². The monoisotopic (exact) mass is 262 g/mol. The number of hydrogen-bond donors (Lipinski definition) is 1. The number of nitrogens with zero attached hydrogens (tertiary/aromatic N) is 3. The van der Waals surface area contributed by atoms with Crippen molar-refractivity contribution >= 4 is 27.4 Å². The van der Waals surface area contributed by atoms with Gasteiger partial charge in [-0.3, -0.25) is 0 Å². The van der Waals surface area contributed by atoms with Crippen LogP contribution in [0.15, 0.2) is 17.8 Å². The van der Waals surface area contributed by atoms with Crippen LogP contribution in [-0.4, -0.2) is 36.1 Å². The van der Waals surface area contributed by atoms with E-state index in [0.717, 1.165) is 23.7 Å². The predicted molar refractivity (Wildman–Crippen MR) is 76.3 cm³/mol. The fraction of sp³-hybridized carbons (Fsp3) is 0.538. The van der Waals surface area contributed by atoms with Crippen LogP contribution in [0.2, 0.25) is 0 Å². The maximum Gasteiger partial charge on any atom is 0.140 e. The highest BCUT2D eigenvalue weighted by molar-refractivity contribution is 7.16. The standard InChI is InChI=1S/C13H18N4S/c1-17(8-10-4-2-3-6-14-10)12-11-5-7-18-13(11)16-9-15-12/h5,7,9-10,14H,2-4,6,8H2,1H3. The van der Waals surface area contributed by atoms with Gasteiger partial charge in [-0.15, -0.1) is 11.3 Å². The van der Waals surface area contributed by atoms with Gasteiger partial charge in [0.1, 0.15) is 17.0 Å². The number of rotatable bonds is 3. The molecule has 1 aliphatic heterocycles. The summed E-state index contributed by atoms with van der Waals surface area (Å²) in [4.78, 5) is 12.1. The third-order valence-corrected chi connectivity index (χ3v) is 4.33. The van der Waals surface area contributed by atoms with E-state index in [2.05, 4.69) is 38.7 Å². The molecule has 96 valence electrons. The number of fused-ring (bicyclic) bond motifs is 1. The summed E-state index contributed by atoms with van der Waals surface area (Å²) in [5.74, 6) is 1.05. The highest BCUT2D eigenvalue weighted by Crippen LogP contribution is 2.26. The molecular weight excluding hydrogens is 244 g/mol. The van der Waals surface area contributed by atoms with Gasteiger partial charge in [-0.1, -0.05) is 6.42 Å². The van der Waals surface area contributed by atoms with Crippen LogP contribution in [-0.2, 0) is 0 Å². The molecule has 0 radical (unpaired) electrons. The molecule has 0 saturated carbocycles. The van der Waals surface area contributed by atoms with Crippen LogP contribution in [0.3, 0.4) is 0 Å². The molecule has 0 amide bonds. The zero-order valence-corrected chi connectivity index (χ0v) is 11.4. The lowest BCUT2D eigenvalue weighted by Gasteiger charge is -2.29. The van der Waals surface area contributed by atoms with Crippen molar-refractivity contribution in [2.75, 3.05) is 25.0 Å². The first-order valence-corrected chi connectivity index (χ1v) is 7.35. The van der Waals surface area contributed by atoms with Gasteiger partial charge >= 0.3 is 0 Å². The van der Waals surface area contributed by atoms with Crippen LogP contribution in [0, 0.1) is 0 Å². The molecular formula is C13H18N4S. The SMILES string of the molecule is CN(CC1CCCCN1)c1ncnc2sccc12. The van der Waals surface area contributed by atoms with Gasteiger partial charge in [0, 0.05) is 19.6 Å². The van der Waals surface area contributed by atoms with Crippen LogP contribution in [0.1, 0.15) is 19.3 Å². The van der Waals surface area contributed by atoms with Gasteiger partial charge in [0.2, 0.25) is 0 Å². The lowest BCUT2D eigenvalue weighted by atomic mass is 10.0. The summed E-state index contributed by atoms with van der Waals surface area (Å²) in [6.45, 7) is 2.16. The highest BCUT2D eigenvalue weighted by atomic mass is 32.1. The first-order valence-electron chi connectivity index (χ1n) is 6.47. The second kappa shape index (κ2) is 5.20. The summed E-state index contributed by atoms with van der Waals surface area (Å²) in [5, 5.41) is 6.83. The van der Waals surface area contributed by atoms with Crippen molar-refractivity contribution in [1.29, 1.82) is 0 Å². The molecule has 1 fully saturated rings. The molecule has 3 rings (SSSR count). The fourth-order valence-corrected chi connectivity index (χ4v) is 3.31. The third-order valence-electron chi connectivity index (χ3n) is 3.51. The molecule has 1 N–H and O–H groups in total. The van der Waals surface area contributed by atoms with E-state index in [-0.39, 0.29) is 0 Å². The van der Waals surface area contributed by atoms with E-state index in [1.54, 1.807) is 17.7 Å². The summed E-state index contributed by atoms with van der Waals surface area (Å²) in [6, 6.07) is 2.70. The minimum absolute atomic E-state index is 0.590. The van der Waals surface area contributed by atoms with E-state index >= 15 is 0 Å². The first-order chi connectivity index (χ1) is 8.84. The Hall–Kier alpha value is -1.20. The van der Waals surface area contributed by atoms with E-state index in [1.165, 1.54) is 24.6 Å². The van der Waals surface area contributed by atoms with Crippen molar-refractivity contribution in [1.82, 2.24) is 15.3 Å². The van der Waals surface area contributed by atoms with E-state index in [0.29, 0.717) is 6.04 Å². The molecule has 5 heteroatoms. The Morgan fingerprint density at radius 2 is 2.39 bits per heavy atom. The summed E-state index contributed by atoms with van der Waals surface area (Å²) in [7, 11) is 2.12. The van der Waals surface area contributed by atoms with Gasteiger partial charge in [-0.05, 0) is 30.8 Å². The largest absolute Gasteiger partial charge is 0.357 e. The number of anilines is 1. The Labute approximate surface area is 111 Å². The highest BCUT2D eigenvalue weighted by Gasteiger charge is 2.17. The van der Waals surface area contributed by atoms with Gasteiger partial charge in [0.05, 0.1) is 5.39 Å². The van der Waals surface area contributed by atoms with E-state index < -0.39 is 0 Å². The van der Waals surface area contributed by atoms with Crippen molar-refractivity contribution in [3.05, 3.63) is 17.8 Å². The number of likely N-dealkylation sites (N-methyl/N-ethyl adjacent to an activating group) is 1. The zero-order valence-electron chi connectivity index (χ0n) is 10.6. The molecule has 0 bridgehead atoms. The lowest BCUT2D eigenvalue weighted by molar-refractivity contribution is 0.403. The average molecular weight is 262 g/mol. The number of hydrogen-bond acceptors (Lipinski definition) is 5. The average Bonchev–Trinajstić information content (AvgIpc) is 2.87. The van der Waals surface area contributed by atoms with Gasteiger partial charge in [0.15, 0.2) is 0 Å². The van der Waals surface area contributed by atoms with Crippen molar-refractivity contribution in [3.8, 4) is 0 Å². The summed E-state index contributed by atoms with van der Waals surface area (Å²) in [6.07, 6.45) is 5.58. The number of piperidine rings is 1. The maximum absolute atomic E-state index is 4.44. The number of nitrogens with one attached hydrogen (secondary N) is 1. The molecule has 1 saturated heterocycles. The second-order valence-corrected chi connectivity index (χ2v) is 5.76. The lowest BCUT2D eigenvalue weighted by Crippen LogP contribution is -2.42.